The highest BCUT2D eigenvalue weighted by atomic mass is 32.2. The van der Waals surface area contributed by atoms with Crippen LogP contribution in [-0.4, -0.2) is 54.1 Å². The SMILES string of the molecule is CC(C)CN(C(=O)CSc1nc2ccccc2s1)C1CCS(=O)(=O)C1. The summed E-state index contributed by atoms with van der Waals surface area (Å²) in [6.45, 7) is 4.69. The Hall–Kier alpha value is -1.12. The summed E-state index contributed by atoms with van der Waals surface area (Å²) in [6, 6.07) is 7.73. The van der Waals surface area contributed by atoms with Crippen LogP contribution in [0, 0.1) is 5.92 Å². The van der Waals surface area contributed by atoms with E-state index in [0.29, 0.717) is 24.6 Å². The standard InChI is InChI=1S/C17H22N2O3S3/c1-12(2)9-19(13-7-8-25(21,22)11-13)16(20)10-23-17-18-14-5-3-4-6-15(14)24-17/h3-6,12-13H,7-11H2,1-2H3. The van der Waals surface area contributed by atoms with Gasteiger partial charge in [0.2, 0.25) is 5.91 Å². The molecule has 0 saturated carbocycles. The lowest BCUT2D eigenvalue weighted by atomic mass is 10.1. The average molecular weight is 399 g/mol. The Kier molecular flexibility index (Phi) is 5.70. The molecule has 0 N–H and O–H groups in total. The van der Waals surface area contributed by atoms with Gasteiger partial charge >= 0.3 is 0 Å². The van der Waals surface area contributed by atoms with Crippen LogP contribution in [0.15, 0.2) is 28.6 Å². The van der Waals surface area contributed by atoms with Crippen molar-refractivity contribution >= 4 is 49.1 Å². The van der Waals surface area contributed by atoms with Gasteiger partial charge in [0.1, 0.15) is 0 Å². The zero-order chi connectivity index (χ0) is 18.0. The highest BCUT2D eigenvalue weighted by molar-refractivity contribution is 8.01. The number of carbonyl (C=O) groups is 1. The van der Waals surface area contributed by atoms with Crippen molar-refractivity contribution in [3.05, 3.63) is 24.3 Å². The van der Waals surface area contributed by atoms with Crippen molar-refractivity contribution in [3.63, 3.8) is 0 Å². The van der Waals surface area contributed by atoms with Crippen LogP contribution in [0.4, 0.5) is 0 Å². The van der Waals surface area contributed by atoms with Crippen molar-refractivity contribution in [2.75, 3.05) is 23.8 Å². The fourth-order valence-corrected chi connectivity index (χ4v) is 6.67. The molecule has 1 aliphatic rings. The predicted octanol–water partition coefficient (Wildman–Crippen LogP) is 3.06. The van der Waals surface area contributed by atoms with Crippen LogP contribution >= 0.6 is 23.1 Å². The van der Waals surface area contributed by atoms with Gasteiger partial charge in [-0.05, 0) is 24.5 Å². The van der Waals surface area contributed by atoms with Crippen LogP contribution in [0.25, 0.3) is 10.2 Å². The van der Waals surface area contributed by atoms with Crippen molar-refractivity contribution in [2.24, 2.45) is 5.92 Å². The number of sulfone groups is 1. The summed E-state index contributed by atoms with van der Waals surface area (Å²) in [5, 5.41) is 0. The molecule has 5 nitrogen and oxygen atoms in total. The van der Waals surface area contributed by atoms with Gasteiger partial charge in [-0.25, -0.2) is 13.4 Å². The first-order valence-corrected chi connectivity index (χ1v) is 11.9. The first kappa shape index (κ1) is 18.7. The van der Waals surface area contributed by atoms with Crippen molar-refractivity contribution in [1.82, 2.24) is 9.88 Å². The van der Waals surface area contributed by atoms with Gasteiger partial charge in [0.15, 0.2) is 14.2 Å². The molecule has 1 atom stereocenters. The number of thiazole rings is 1. The molecular weight excluding hydrogens is 376 g/mol. The maximum atomic E-state index is 12.8. The second-order valence-electron chi connectivity index (χ2n) is 6.73. The summed E-state index contributed by atoms with van der Waals surface area (Å²) >= 11 is 3.02. The Morgan fingerprint density at radius 2 is 2.16 bits per heavy atom. The van der Waals surface area contributed by atoms with E-state index in [2.05, 4.69) is 4.98 Å². The molecule has 1 amide bonds. The molecule has 1 aliphatic heterocycles. The summed E-state index contributed by atoms with van der Waals surface area (Å²) in [4.78, 5) is 19.1. The molecule has 0 radical (unpaired) electrons. The summed E-state index contributed by atoms with van der Waals surface area (Å²) in [6.07, 6.45) is 0.548. The molecule has 2 heterocycles. The Morgan fingerprint density at radius 3 is 2.80 bits per heavy atom. The number of fused-ring (bicyclic) bond motifs is 1. The summed E-state index contributed by atoms with van der Waals surface area (Å²) in [5.74, 6) is 0.880. The highest BCUT2D eigenvalue weighted by Gasteiger charge is 2.34. The average Bonchev–Trinajstić information content (AvgIpc) is 3.12. The molecule has 136 valence electrons. The van der Waals surface area contributed by atoms with Crippen molar-refractivity contribution < 1.29 is 13.2 Å². The lowest BCUT2D eigenvalue weighted by Gasteiger charge is -2.29. The third-order valence-corrected chi connectivity index (χ3v) is 8.04. The number of hydrogen-bond acceptors (Lipinski definition) is 6. The van der Waals surface area contributed by atoms with Crippen molar-refractivity contribution in [3.8, 4) is 0 Å². The van der Waals surface area contributed by atoms with E-state index in [0.717, 1.165) is 14.6 Å². The van der Waals surface area contributed by atoms with Crippen LogP contribution in [-0.2, 0) is 14.6 Å². The largest absolute Gasteiger partial charge is 0.338 e. The van der Waals surface area contributed by atoms with Gasteiger partial charge in [0.25, 0.3) is 0 Å². The van der Waals surface area contributed by atoms with Crippen LogP contribution in [0.3, 0.4) is 0 Å². The molecule has 1 unspecified atom stereocenters. The number of rotatable bonds is 6. The van der Waals surface area contributed by atoms with Crippen LogP contribution in [0.5, 0.6) is 0 Å². The van der Waals surface area contributed by atoms with Crippen molar-refractivity contribution in [2.45, 2.75) is 30.6 Å². The van der Waals surface area contributed by atoms with Gasteiger partial charge in [-0.1, -0.05) is 37.7 Å². The molecule has 1 aromatic carbocycles. The number of amides is 1. The van der Waals surface area contributed by atoms with E-state index < -0.39 is 9.84 Å². The molecule has 25 heavy (non-hydrogen) atoms. The molecule has 8 heteroatoms. The molecule has 0 bridgehead atoms. The van der Waals surface area contributed by atoms with E-state index in [1.54, 1.807) is 16.2 Å². The number of thioether (sulfide) groups is 1. The van der Waals surface area contributed by atoms with Crippen LogP contribution in [0.1, 0.15) is 20.3 Å². The Morgan fingerprint density at radius 1 is 1.40 bits per heavy atom. The van der Waals surface area contributed by atoms with Gasteiger partial charge in [-0.3, -0.25) is 4.79 Å². The van der Waals surface area contributed by atoms with Gasteiger partial charge in [-0.2, -0.15) is 0 Å². The van der Waals surface area contributed by atoms with E-state index in [4.69, 9.17) is 0 Å². The molecule has 1 fully saturated rings. The number of nitrogens with zero attached hydrogens (tertiary/aromatic N) is 2. The van der Waals surface area contributed by atoms with Crippen LogP contribution in [0.2, 0.25) is 0 Å². The topological polar surface area (TPSA) is 67.3 Å². The molecule has 1 saturated heterocycles. The van der Waals surface area contributed by atoms with E-state index in [-0.39, 0.29) is 23.5 Å². The van der Waals surface area contributed by atoms with Crippen molar-refractivity contribution in [1.29, 1.82) is 0 Å². The number of aromatic nitrogens is 1. The first-order chi connectivity index (χ1) is 11.8. The summed E-state index contributed by atoms with van der Waals surface area (Å²) < 4.78 is 25.5. The number of benzene rings is 1. The smallest absolute Gasteiger partial charge is 0.233 e. The van der Waals surface area contributed by atoms with E-state index in [1.807, 2.05) is 38.1 Å². The Bertz CT molecular complexity index is 828. The fourth-order valence-electron chi connectivity index (χ4n) is 2.99. The van der Waals surface area contributed by atoms with E-state index in [9.17, 15) is 13.2 Å². The second-order valence-corrected chi connectivity index (χ2v) is 11.2. The van der Waals surface area contributed by atoms with Crippen LogP contribution < -0.4 is 0 Å². The molecule has 3 rings (SSSR count). The van der Waals surface area contributed by atoms with Gasteiger partial charge < -0.3 is 4.90 Å². The molecule has 0 aliphatic carbocycles. The first-order valence-electron chi connectivity index (χ1n) is 8.32. The molecular formula is C17H22N2O3S3. The lowest BCUT2D eigenvalue weighted by Crippen LogP contribution is -2.44. The number of carbonyl (C=O) groups excluding carboxylic acids is 1. The molecule has 2 aromatic rings. The normalized spacial score (nSPS) is 19.6. The van der Waals surface area contributed by atoms with E-state index >= 15 is 0 Å². The van der Waals surface area contributed by atoms with Gasteiger partial charge in [0.05, 0.1) is 27.5 Å². The van der Waals surface area contributed by atoms with E-state index in [1.165, 1.54) is 11.8 Å². The zero-order valence-corrected chi connectivity index (χ0v) is 16.8. The molecule has 0 spiro atoms. The number of hydrogen-bond donors (Lipinski definition) is 0. The van der Waals surface area contributed by atoms with Gasteiger partial charge in [-0.15, -0.1) is 11.3 Å². The second kappa shape index (κ2) is 7.63. The quantitative estimate of drug-likeness (QED) is 0.700. The minimum absolute atomic E-state index is 0.0000520. The monoisotopic (exact) mass is 398 g/mol. The summed E-state index contributed by atoms with van der Waals surface area (Å²) in [5.41, 5.74) is 0.948. The predicted molar refractivity (Wildman–Crippen MR) is 104 cm³/mol. The van der Waals surface area contributed by atoms with Gasteiger partial charge in [0, 0.05) is 12.6 Å². The summed E-state index contributed by atoms with van der Waals surface area (Å²) in [7, 11) is -3.01. The maximum absolute atomic E-state index is 12.8. The highest BCUT2D eigenvalue weighted by Crippen LogP contribution is 2.30. The number of para-hydroxylation sites is 1. The lowest BCUT2D eigenvalue weighted by molar-refractivity contribution is -0.130. The minimum atomic E-state index is -3.01. The fraction of sp³-hybridized carbons (Fsp3) is 0.529. The Balaban J connectivity index is 1.67. The Labute approximate surface area is 156 Å². The molecule has 1 aromatic heterocycles. The minimum Gasteiger partial charge on any atom is -0.338 e. The third-order valence-electron chi connectivity index (χ3n) is 4.12. The maximum Gasteiger partial charge on any atom is 0.233 e. The third kappa shape index (κ3) is 4.74. The zero-order valence-electron chi connectivity index (χ0n) is 14.3.